The number of aromatic nitrogens is 4. The molecule has 1 aromatic carbocycles. The van der Waals surface area contributed by atoms with Gasteiger partial charge >= 0.3 is 0 Å². The summed E-state index contributed by atoms with van der Waals surface area (Å²) >= 11 is 11.8. The number of carbonyl (C=O) groups excluding carboxylic acids is 3. The molecule has 53 heavy (non-hydrogen) atoms. The van der Waals surface area contributed by atoms with E-state index in [1.165, 1.54) is 0 Å². The van der Waals surface area contributed by atoms with Crippen LogP contribution in [0.15, 0.2) is 34.3 Å². The molecule has 0 bridgehead atoms. The highest BCUT2D eigenvalue weighted by Gasteiger charge is 2.41. The van der Waals surface area contributed by atoms with Gasteiger partial charge < -0.3 is 38.5 Å². The van der Waals surface area contributed by atoms with Crippen LogP contribution in [0.2, 0.25) is 10.3 Å². The zero-order chi connectivity index (χ0) is 37.5. The minimum atomic E-state index is -0.609. The van der Waals surface area contributed by atoms with E-state index in [4.69, 9.17) is 46.1 Å². The van der Waals surface area contributed by atoms with Crippen LogP contribution in [0.25, 0.3) is 0 Å². The second-order valence-electron chi connectivity index (χ2n) is 13.6. The molecule has 6 heterocycles. The molecule has 0 unspecified atom stereocenters. The van der Waals surface area contributed by atoms with E-state index < -0.39 is 11.8 Å². The third-order valence-corrected chi connectivity index (χ3v) is 10.5. The molecule has 3 aromatic rings. The third-order valence-electron chi connectivity index (χ3n) is 9.98. The van der Waals surface area contributed by atoms with Crippen molar-refractivity contribution in [3.63, 3.8) is 0 Å². The van der Waals surface area contributed by atoms with E-state index in [0.717, 1.165) is 38.0 Å². The molecule has 4 aliphatic heterocycles. The summed E-state index contributed by atoms with van der Waals surface area (Å²) in [6, 6.07) is 7.75. The van der Waals surface area contributed by atoms with Gasteiger partial charge in [-0.15, -0.1) is 0 Å². The maximum Gasteiger partial charge on any atom is 0.280 e. The van der Waals surface area contributed by atoms with Gasteiger partial charge in [0.15, 0.2) is 56.9 Å². The van der Waals surface area contributed by atoms with Gasteiger partial charge in [-0.1, -0.05) is 35.3 Å². The number of nitrogens with two attached hydrogens (primary N) is 4. The molecule has 0 radical (unpaired) electrons. The molecule has 2 spiro atoms. The van der Waals surface area contributed by atoms with Crippen LogP contribution in [0.1, 0.15) is 62.6 Å². The number of likely N-dealkylation sites (tertiary alicyclic amines) is 2. The average Bonchev–Trinajstić information content (AvgIpc) is 3.72. The first-order valence-electron chi connectivity index (χ1n) is 16.9. The van der Waals surface area contributed by atoms with Crippen LogP contribution in [0.5, 0.6) is 0 Å². The van der Waals surface area contributed by atoms with Crippen LogP contribution in [0.4, 0.5) is 23.3 Å². The van der Waals surface area contributed by atoms with Crippen LogP contribution in [0, 0.1) is 0 Å². The quantitative estimate of drug-likeness (QED) is 0.170. The van der Waals surface area contributed by atoms with E-state index in [-0.39, 0.29) is 62.0 Å². The van der Waals surface area contributed by atoms with Crippen LogP contribution in [0.3, 0.4) is 0 Å². The molecule has 21 heteroatoms. The lowest BCUT2D eigenvalue weighted by atomic mass is 9.88. The van der Waals surface area contributed by atoms with E-state index >= 15 is 0 Å². The number of guanidine groups is 2. The molecule has 278 valence electrons. The largest absolute Gasteiger partial charge is 0.382 e. The van der Waals surface area contributed by atoms with Crippen molar-refractivity contribution < 1.29 is 14.4 Å². The van der Waals surface area contributed by atoms with Gasteiger partial charge in [0, 0.05) is 38.3 Å². The minimum absolute atomic E-state index is 0.0301. The number of halogens is 2. The Balaban J connectivity index is 0.845. The van der Waals surface area contributed by atoms with Gasteiger partial charge in [0.05, 0.1) is 24.2 Å². The van der Waals surface area contributed by atoms with E-state index in [0.29, 0.717) is 56.5 Å². The number of amides is 3. The van der Waals surface area contributed by atoms with Crippen molar-refractivity contribution >= 4 is 76.1 Å². The van der Waals surface area contributed by atoms with Crippen LogP contribution in [-0.4, -0.2) is 110 Å². The number of benzene rings is 1. The molecule has 4 aliphatic rings. The predicted octanol–water partition coefficient (Wildman–Crippen LogP) is -0.01000. The SMILES string of the molecule is Nc1nc(N)c(C(=O)NC2=NCC3(CCN(Cc4ccc(C(=O)N5CCC6(CC5)CN=C(NC(=O)c5nc(Cl)c(N)nc5N)N6)cc4)CC3)N2)nc1Cl. The number of hydrogen-bond donors (Lipinski definition) is 8. The Kier molecular flexibility index (Phi) is 9.56. The lowest BCUT2D eigenvalue weighted by molar-refractivity contribution is 0.0668. The zero-order valence-corrected chi connectivity index (χ0v) is 30.0. The van der Waals surface area contributed by atoms with E-state index in [2.05, 4.69) is 56.1 Å². The Morgan fingerprint density at radius 1 is 0.679 bits per heavy atom. The van der Waals surface area contributed by atoms with Gasteiger partial charge in [-0.2, -0.15) is 0 Å². The highest BCUT2D eigenvalue weighted by Crippen LogP contribution is 2.29. The molecule has 3 amide bonds. The van der Waals surface area contributed by atoms with Gasteiger partial charge in [-0.25, -0.2) is 19.9 Å². The van der Waals surface area contributed by atoms with Crippen molar-refractivity contribution in [2.24, 2.45) is 9.98 Å². The Bertz CT molecular complexity index is 2030. The Labute approximate surface area is 313 Å². The fraction of sp³-hybridized carbons (Fsp3) is 0.406. The van der Waals surface area contributed by atoms with Crippen LogP contribution < -0.4 is 44.2 Å². The molecule has 7 rings (SSSR count). The lowest BCUT2D eigenvalue weighted by Crippen LogP contribution is -2.57. The topological polar surface area (TPSA) is 286 Å². The summed E-state index contributed by atoms with van der Waals surface area (Å²) in [7, 11) is 0. The molecule has 0 atom stereocenters. The number of nitrogen functional groups attached to an aromatic ring is 4. The van der Waals surface area contributed by atoms with E-state index in [9.17, 15) is 14.4 Å². The second-order valence-corrected chi connectivity index (χ2v) is 14.3. The van der Waals surface area contributed by atoms with Crippen molar-refractivity contribution in [2.75, 3.05) is 62.2 Å². The Hall–Kier alpha value is -5.53. The number of nitrogens with zero attached hydrogens (tertiary/aromatic N) is 8. The number of piperidine rings is 2. The number of hydrogen-bond acceptors (Lipinski definition) is 16. The van der Waals surface area contributed by atoms with Crippen molar-refractivity contribution in [1.82, 2.24) is 51.0 Å². The molecule has 0 saturated carbocycles. The minimum Gasteiger partial charge on any atom is -0.382 e. The van der Waals surface area contributed by atoms with Gasteiger partial charge in [0.2, 0.25) is 0 Å². The number of aliphatic imine (C=N–C) groups is 2. The summed E-state index contributed by atoms with van der Waals surface area (Å²) in [5.74, 6) is -0.938. The van der Waals surface area contributed by atoms with Crippen LogP contribution >= 0.6 is 23.2 Å². The summed E-state index contributed by atoms with van der Waals surface area (Å²) in [6.07, 6.45) is 2.96. The molecule has 19 nitrogen and oxygen atoms in total. The maximum absolute atomic E-state index is 13.4. The zero-order valence-electron chi connectivity index (χ0n) is 28.5. The molecular weight excluding hydrogens is 727 g/mol. The molecule has 2 aromatic heterocycles. The molecule has 2 saturated heterocycles. The first kappa shape index (κ1) is 35.9. The van der Waals surface area contributed by atoms with Crippen molar-refractivity contribution in [3.05, 3.63) is 57.1 Å². The molecule has 2 fully saturated rings. The Morgan fingerprint density at radius 2 is 1.13 bits per heavy atom. The normalized spacial score (nSPS) is 18.9. The summed E-state index contributed by atoms with van der Waals surface area (Å²) in [4.78, 5) is 67.6. The van der Waals surface area contributed by atoms with Gasteiger partial charge in [0.25, 0.3) is 17.7 Å². The number of rotatable bonds is 5. The second kappa shape index (κ2) is 14.1. The summed E-state index contributed by atoms with van der Waals surface area (Å²) in [5, 5.41) is 11.9. The molecular formula is C32H38Cl2N16O3. The van der Waals surface area contributed by atoms with E-state index in [1.807, 2.05) is 29.2 Å². The van der Waals surface area contributed by atoms with Crippen molar-refractivity contribution in [3.8, 4) is 0 Å². The highest BCUT2D eigenvalue weighted by atomic mass is 35.5. The Morgan fingerprint density at radius 3 is 1.60 bits per heavy atom. The first-order chi connectivity index (χ1) is 25.3. The summed E-state index contributed by atoms with van der Waals surface area (Å²) in [6.45, 7) is 4.44. The van der Waals surface area contributed by atoms with E-state index in [1.54, 1.807) is 0 Å². The highest BCUT2D eigenvalue weighted by molar-refractivity contribution is 6.32. The first-order valence-corrected chi connectivity index (χ1v) is 17.6. The lowest BCUT2D eigenvalue weighted by Gasteiger charge is -2.39. The van der Waals surface area contributed by atoms with Crippen molar-refractivity contribution in [2.45, 2.75) is 43.3 Å². The van der Waals surface area contributed by atoms with Crippen molar-refractivity contribution in [1.29, 1.82) is 0 Å². The predicted molar refractivity (Wildman–Crippen MR) is 199 cm³/mol. The van der Waals surface area contributed by atoms with Gasteiger partial charge in [-0.3, -0.25) is 39.9 Å². The fourth-order valence-electron chi connectivity index (χ4n) is 6.85. The fourth-order valence-corrected chi connectivity index (χ4v) is 7.10. The smallest absolute Gasteiger partial charge is 0.280 e. The summed E-state index contributed by atoms with van der Waals surface area (Å²) in [5.41, 5.74) is 23.7. The molecule has 0 aliphatic carbocycles. The third kappa shape index (κ3) is 7.53. The van der Waals surface area contributed by atoms with Gasteiger partial charge in [-0.05, 0) is 43.4 Å². The summed E-state index contributed by atoms with van der Waals surface area (Å²) < 4.78 is 0. The van der Waals surface area contributed by atoms with Gasteiger partial charge in [0.1, 0.15) is 0 Å². The maximum atomic E-state index is 13.4. The number of carbonyl (C=O) groups is 3. The molecule has 12 N–H and O–H groups in total. The standard InChI is InChI=1S/C32H38Cl2N16O3/c33-20-24(37)43-22(35)18(41-20)26(51)45-29-39-14-31(47-29)5-9-49(10-6-31)13-16-1-3-17(4-2-16)28(53)50-11-7-32(8-12-50)15-40-30(48-32)46-27(52)19-23(36)44-25(38)21(34)42-19/h1-4H,5-15H2,(H4,35,37,43)(H4,36,38,44)(H2,39,45,47,51)(H2,40,46,48,52). The monoisotopic (exact) mass is 764 g/mol. The number of nitrogens with one attached hydrogen (secondary N) is 4. The van der Waals surface area contributed by atoms with Crippen LogP contribution in [-0.2, 0) is 6.54 Å². The average molecular weight is 766 g/mol. The number of anilines is 4.